The van der Waals surface area contributed by atoms with Crippen LogP contribution in [0.4, 0.5) is 5.69 Å². The van der Waals surface area contributed by atoms with Gasteiger partial charge in [-0.3, -0.25) is 9.59 Å². The summed E-state index contributed by atoms with van der Waals surface area (Å²) >= 11 is 1.65. The Balaban J connectivity index is 1.93. The monoisotopic (exact) mass is 357 g/mol. The number of nitrogens with two attached hydrogens (primary N) is 1. The molecule has 4 N–H and O–H groups in total. The van der Waals surface area contributed by atoms with Crippen LogP contribution in [-0.4, -0.2) is 29.9 Å². The fraction of sp³-hybridized carbons (Fsp3) is 0.263. The molecule has 0 aromatic heterocycles. The summed E-state index contributed by atoms with van der Waals surface area (Å²) < 4.78 is 0. The van der Waals surface area contributed by atoms with Crippen LogP contribution >= 0.6 is 11.8 Å². The Kier molecular flexibility index (Phi) is 7.50. The maximum atomic E-state index is 12.3. The molecule has 0 fully saturated rings. The molecule has 0 spiro atoms. The maximum Gasteiger partial charge on any atom is 0.251 e. The molecule has 0 heterocycles. The Labute approximate surface area is 152 Å². The van der Waals surface area contributed by atoms with Crippen LogP contribution in [-0.2, 0) is 11.3 Å². The van der Waals surface area contributed by atoms with E-state index in [4.69, 9.17) is 5.73 Å². The van der Waals surface area contributed by atoms with Crippen molar-refractivity contribution >= 4 is 29.3 Å². The molecule has 25 heavy (non-hydrogen) atoms. The lowest BCUT2D eigenvalue weighted by Gasteiger charge is -2.12. The lowest BCUT2D eigenvalue weighted by atomic mass is 10.1. The molecule has 2 amide bonds. The van der Waals surface area contributed by atoms with Crippen LogP contribution in [0.1, 0.15) is 22.3 Å². The number of rotatable bonds is 8. The number of anilines is 1. The molecule has 2 aromatic carbocycles. The molecule has 2 rings (SSSR count). The van der Waals surface area contributed by atoms with E-state index in [2.05, 4.69) is 10.6 Å². The number of benzene rings is 2. The average molecular weight is 357 g/mol. The zero-order valence-electron chi connectivity index (χ0n) is 14.2. The summed E-state index contributed by atoms with van der Waals surface area (Å²) in [6.07, 6.45) is 2.59. The molecule has 2 aromatic rings. The van der Waals surface area contributed by atoms with Crippen molar-refractivity contribution in [2.75, 3.05) is 17.3 Å². The van der Waals surface area contributed by atoms with Crippen LogP contribution in [0.3, 0.4) is 0 Å². The van der Waals surface area contributed by atoms with Crippen molar-refractivity contribution in [3.8, 4) is 0 Å². The van der Waals surface area contributed by atoms with E-state index in [1.807, 2.05) is 36.6 Å². The van der Waals surface area contributed by atoms with Crippen LogP contribution in [0.25, 0.3) is 0 Å². The largest absolute Gasteiger partial charge is 0.348 e. The molecule has 0 bridgehead atoms. The third-order valence-electron chi connectivity index (χ3n) is 3.66. The number of hydrogen-bond donors (Lipinski definition) is 3. The minimum Gasteiger partial charge on any atom is -0.348 e. The first kappa shape index (κ1) is 19.0. The molecule has 132 valence electrons. The van der Waals surface area contributed by atoms with Crippen LogP contribution in [0.15, 0.2) is 54.6 Å². The first-order valence-electron chi connectivity index (χ1n) is 8.07. The number of nitrogens with one attached hydrogen (secondary N) is 2. The van der Waals surface area contributed by atoms with Gasteiger partial charge in [0.25, 0.3) is 5.91 Å². The van der Waals surface area contributed by atoms with Crippen LogP contribution in [0, 0.1) is 0 Å². The number of carbonyl (C=O) groups excluding carboxylic acids is 2. The van der Waals surface area contributed by atoms with Crippen molar-refractivity contribution in [1.82, 2.24) is 5.32 Å². The zero-order chi connectivity index (χ0) is 18.1. The van der Waals surface area contributed by atoms with Crippen molar-refractivity contribution in [1.29, 1.82) is 0 Å². The van der Waals surface area contributed by atoms with Crippen molar-refractivity contribution in [3.63, 3.8) is 0 Å². The van der Waals surface area contributed by atoms with Gasteiger partial charge in [-0.25, -0.2) is 0 Å². The number of thioether (sulfide) groups is 1. The van der Waals surface area contributed by atoms with Crippen molar-refractivity contribution < 1.29 is 9.59 Å². The average Bonchev–Trinajstić information content (AvgIpc) is 2.65. The molecule has 0 aliphatic heterocycles. The Morgan fingerprint density at radius 3 is 2.60 bits per heavy atom. The van der Waals surface area contributed by atoms with Crippen molar-refractivity contribution in [3.05, 3.63) is 65.7 Å². The molecule has 1 unspecified atom stereocenters. The van der Waals surface area contributed by atoms with E-state index in [9.17, 15) is 9.59 Å². The molecule has 0 radical (unpaired) electrons. The highest BCUT2D eigenvalue weighted by atomic mass is 32.2. The van der Waals surface area contributed by atoms with Gasteiger partial charge in [0.1, 0.15) is 0 Å². The van der Waals surface area contributed by atoms with Gasteiger partial charge in [-0.15, -0.1) is 0 Å². The predicted molar refractivity (Wildman–Crippen MR) is 104 cm³/mol. The molecule has 1 atom stereocenters. The Bertz CT molecular complexity index is 707. The zero-order valence-corrected chi connectivity index (χ0v) is 15.0. The molecule has 5 nitrogen and oxygen atoms in total. The van der Waals surface area contributed by atoms with E-state index in [1.54, 1.807) is 36.0 Å². The smallest absolute Gasteiger partial charge is 0.251 e. The highest BCUT2D eigenvalue weighted by molar-refractivity contribution is 7.98. The molecule has 0 aliphatic carbocycles. The second kappa shape index (κ2) is 9.86. The van der Waals surface area contributed by atoms with Crippen LogP contribution in [0.2, 0.25) is 0 Å². The van der Waals surface area contributed by atoms with Gasteiger partial charge in [0.15, 0.2) is 0 Å². The maximum absolute atomic E-state index is 12.3. The topological polar surface area (TPSA) is 84.2 Å². The molecule has 0 saturated carbocycles. The minimum atomic E-state index is -0.553. The summed E-state index contributed by atoms with van der Waals surface area (Å²) in [6, 6.07) is 16.0. The summed E-state index contributed by atoms with van der Waals surface area (Å²) in [5.74, 6) is 0.402. The lowest BCUT2D eigenvalue weighted by molar-refractivity contribution is -0.117. The first-order valence-corrected chi connectivity index (χ1v) is 9.47. The standard InChI is InChI=1S/C19H23N3O2S/c1-25-11-10-17(20)19(24)22-16-9-5-8-15(12-16)18(23)21-13-14-6-3-2-4-7-14/h2-9,12,17H,10-11,13,20H2,1H3,(H,21,23)(H,22,24). The highest BCUT2D eigenvalue weighted by Crippen LogP contribution is 2.12. The SMILES string of the molecule is CSCCC(N)C(=O)Nc1cccc(C(=O)NCc2ccccc2)c1. The predicted octanol–water partition coefficient (Wildman–Crippen LogP) is 2.64. The normalized spacial score (nSPS) is 11.6. The summed E-state index contributed by atoms with van der Waals surface area (Å²) in [5.41, 5.74) is 7.94. The van der Waals surface area contributed by atoms with E-state index in [0.717, 1.165) is 11.3 Å². The quantitative estimate of drug-likeness (QED) is 0.678. The number of carbonyl (C=O) groups is 2. The third-order valence-corrected chi connectivity index (χ3v) is 4.30. The highest BCUT2D eigenvalue weighted by Gasteiger charge is 2.14. The summed E-state index contributed by atoms with van der Waals surface area (Å²) in [5, 5.41) is 5.63. The van der Waals surface area contributed by atoms with Crippen molar-refractivity contribution in [2.24, 2.45) is 5.73 Å². The Hall–Kier alpha value is -2.31. The first-order chi connectivity index (χ1) is 12.1. The van der Waals surface area contributed by atoms with Gasteiger partial charge >= 0.3 is 0 Å². The van der Waals surface area contributed by atoms with Crippen molar-refractivity contribution in [2.45, 2.75) is 19.0 Å². The molecular formula is C19H23N3O2S. The Morgan fingerprint density at radius 2 is 1.88 bits per heavy atom. The summed E-state index contributed by atoms with van der Waals surface area (Å²) in [4.78, 5) is 24.3. The number of amides is 2. The van der Waals surface area contributed by atoms with Crippen LogP contribution < -0.4 is 16.4 Å². The van der Waals surface area contributed by atoms with Gasteiger partial charge in [0.05, 0.1) is 6.04 Å². The van der Waals surface area contributed by atoms with Gasteiger partial charge in [-0.05, 0) is 42.2 Å². The molecule has 0 saturated heterocycles. The molecule has 6 heteroatoms. The van der Waals surface area contributed by atoms with Crippen LogP contribution in [0.5, 0.6) is 0 Å². The van der Waals surface area contributed by atoms with E-state index < -0.39 is 6.04 Å². The van der Waals surface area contributed by atoms with Gasteiger partial charge in [-0.2, -0.15) is 11.8 Å². The molecular weight excluding hydrogens is 334 g/mol. The van der Waals surface area contributed by atoms with E-state index in [-0.39, 0.29) is 11.8 Å². The van der Waals surface area contributed by atoms with Gasteiger partial charge in [-0.1, -0.05) is 36.4 Å². The number of hydrogen-bond acceptors (Lipinski definition) is 4. The fourth-order valence-corrected chi connectivity index (χ4v) is 2.72. The Morgan fingerprint density at radius 1 is 1.12 bits per heavy atom. The second-order valence-corrected chi connectivity index (χ2v) is 6.61. The third kappa shape index (κ3) is 6.25. The van der Waals surface area contributed by atoms with Gasteiger partial charge in [0, 0.05) is 17.8 Å². The second-order valence-electron chi connectivity index (χ2n) is 5.63. The van der Waals surface area contributed by atoms with Gasteiger partial charge in [0.2, 0.25) is 5.91 Å². The van der Waals surface area contributed by atoms with Gasteiger partial charge < -0.3 is 16.4 Å². The van der Waals surface area contributed by atoms with E-state index in [0.29, 0.717) is 24.2 Å². The fourth-order valence-electron chi connectivity index (χ4n) is 2.23. The summed E-state index contributed by atoms with van der Waals surface area (Å²) in [6.45, 7) is 0.454. The summed E-state index contributed by atoms with van der Waals surface area (Å²) in [7, 11) is 0. The van der Waals surface area contributed by atoms with E-state index >= 15 is 0 Å². The molecule has 0 aliphatic rings. The minimum absolute atomic E-state index is 0.188. The van der Waals surface area contributed by atoms with E-state index in [1.165, 1.54) is 0 Å². The lowest BCUT2D eigenvalue weighted by Crippen LogP contribution is -2.36.